The molecule has 0 saturated heterocycles. The number of carbonyl (C=O) groups is 3. The van der Waals surface area contributed by atoms with E-state index in [0.29, 0.717) is 19.3 Å². The second-order valence-electron chi connectivity index (χ2n) is 16.7. The summed E-state index contributed by atoms with van der Waals surface area (Å²) in [6, 6.07) is 0. The molecule has 58 heavy (non-hydrogen) atoms. The van der Waals surface area contributed by atoms with Gasteiger partial charge in [0.15, 0.2) is 6.10 Å². The maximum absolute atomic E-state index is 12.7. The summed E-state index contributed by atoms with van der Waals surface area (Å²) >= 11 is 0. The normalized spacial score (nSPS) is 12.3. The zero-order valence-electron chi connectivity index (χ0n) is 38.6. The van der Waals surface area contributed by atoms with Crippen molar-refractivity contribution in [2.75, 3.05) is 13.2 Å². The highest BCUT2D eigenvalue weighted by Gasteiger charge is 2.19. The van der Waals surface area contributed by atoms with Crippen molar-refractivity contribution in [3.05, 3.63) is 36.5 Å². The molecule has 6 nitrogen and oxygen atoms in total. The minimum absolute atomic E-state index is 0.0793. The topological polar surface area (TPSA) is 78.9 Å². The van der Waals surface area contributed by atoms with E-state index in [1.165, 1.54) is 141 Å². The third-order valence-corrected chi connectivity index (χ3v) is 10.8. The molecule has 0 radical (unpaired) electrons. The highest BCUT2D eigenvalue weighted by molar-refractivity contribution is 5.71. The van der Waals surface area contributed by atoms with Crippen LogP contribution >= 0.6 is 0 Å². The van der Waals surface area contributed by atoms with Crippen LogP contribution in [0.25, 0.3) is 0 Å². The van der Waals surface area contributed by atoms with Gasteiger partial charge < -0.3 is 14.2 Å². The van der Waals surface area contributed by atoms with Gasteiger partial charge in [0, 0.05) is 19.3 Å². The summed E-state index contributed by atoms with van der Waals surface area (Å²) in [4.78, 5) is 37.8. The molecule has 0 aromatic carbocycles. The van der Waals surface area contributed by atoms with Crippen LogP contribution in [-0.2, 0) is 28.6 Å². The molecule has 0 spiro atoms. The van der Waals surface area contributed by atoms with Crippen LogP contribution in [0.1, 0.15) is 258 Å². The van der Waals surface area contributed by atoms with Gasteiger partial charge in [0.2, 0.25) is 0 Å². The Labute approximate surface area is 359 Å². The molecule has 0 rings (SSSR count). The number of ether oxygens (including phenoxy) is 3. The standard InChI is InChI=1S/C52H94O6/c1-4-7-10-13-16-19-22-24-25-26-27-28-31-33-36-39-42-45-51(54)57-48-49(47-56-50(53)44-41-38-35-32-29-21-18-15-12-9-6-3)58-52(55)46-43-40-37-34-30-23-20-17-14-11-8-5-2/h15,17-18,20,24-25,49H,4-14,16,19,21-23,26-48H2,1-3H3/b18-15-,20-17-,25-24-. The molecular formula is C52H94O6. The molecule has 338 valence electrons. The summed E-state index contributed by atoms with van der Waals surface area (Å²) < 4.78 is 16.7. The minimum atomic E-state index is -0.778. The number of unbranched alkanes of at least 4 members (excludes halogenated alkanes) is 28. The number of allylic oxidation sites excluding steroid dienone is 6. The smallest absolute Gasteiger partial charge is 0.306 e. The summed E-state index contributed by atoms with van der Waals surface area (Å²) in [6.45, 7) is 6.56. The summed E-state index contributed by atoms with van der Waals surface area (Å²) in [5.74, 6) is -0.897. The first-order valence-electron chi connectivity index (χ1n) is 25.0. The maximum atomic E-state index is 12.7. The lowest BCUT2D eigenvalue weighted by Crippen LogP contribution is -2.30. The number of hydrogen-bond donors (Lipinski definition) is 0. The van der Waals surface area contributed by atoms with Crippen molar-refractivity contribution in [1.29, 1.82) is 0 Å². The monoisotopic (exact) mass is 815 g/mol. The Hall–Kier alpha value is -2.37. The van der Waals surface area contributed by atoms with Gasteiger partial charge in [0.05, 0.1) is 0 Å². The molecule has 0 aromatic rings. The second-order valence-corrected chi connectivity index (χ2v) is 16.7. The van der Waals surface area contributed by atoms with E-state index in [0.717, 1.165) is 77.0 Å². The van der Waals surface area contributed by atoms with E-state index < -0.39 is 6.10 Å². The van der Waals surface area contributed by atoms with Crippen molar-refractivity contribution in [2.24, 2.45) is 0 Å². The Bertz CT molecular complexity index is 984. The molecule has 6 heteroatoms. The fourth-order valence-electron chi connectivity index (χ4n) is 7.00. The van der Waals surface area contributed by atoms with Gasteiger partial charge in [-0.3, -0.25) is 14.4 Å². The summed E-state index contributed by atoms with van der Waals surface area (Å²) in [5.41, 5.74) is 0. The van der Waals surface area contributed by atoms with Gasteiger partial charge in [-0.15, -0.1) is 0 Å². The largest absolute Gasteiger partial charge is 0.462 e. The van der Waals surface area contributed by atoms with E-state index in [1.807, 2.05) is 0 Å². The lowest BCUT2D eigenvalue weighted by Gasteiger charge is -2.18. The molecule has 0 saturated carbocycles. The van der Waals surface area contributed by atoms with Crippen LogP contribution in [0.2, 0.25) is 0 Å². The van der Waals surface area contributed by atoms with Crippen LogP contribution in [0.3, 0.4) is 0 Å². The van der Waals surface area contributed by atoms with E-state index in [4.69, 9.17) is 14.2 Å². The molecule has 0 N–H and O–H groups in total. The summed E-state index contributed by atoms with van der Waals surface area (Å²) in [5, 5.41) is 0. The molecule has 1 unspecified atom stereocenters. The zero-order chi connectivity index (χ0) is 42.3. The van der Waals surface area contributed by atoms with Gasteiger partial charge in [-0.1, -0.05) is 186 Å². The molecule has 0 amide bonds. The van der Waals surface area contributed by atoms with E-state index >= 15 is 0 Å². The van der Waals surface area contributed by atoms with Crippen molar-refractivity contribution < 1.29 is 28.6 Å². The van der Waals surface area contributed by atoms with Crippen molar-refractivity contribution >= 4 is 17.9 Å². The average molecular weight is 815 g/mol. The molecule has 1 atom stereocenters. The van der Waals surface area contributed by atoms with Crippen LogP contribution in [0, 0.1) is 0 Å². The molecule has 0 heterocycles. The van der Waals surface area contributed by atoms with Crippen LogP contribution in [0.5, 0.6) is 0 Å². The van der Waals surface area contributed by atoms with Gasteiger partial charge >= 0.3 is 17.9 Å². The lowest BCUT2D eigenvalue weighted by molar-refractivity contribution is -0.167. The lowest BCUT2D eigenvalue weighted by atomic mass is 10.1. The first kappa shape index (κ1) is 55.6. The van der Waals surface area contributed by atoms with Crippen molar-refractivity contribution in [3.8, 4) is 0 Å². The van der Waals surface area contributed by atoms with E-state index in [-0.39, 0.29) is 31.1 Å². The van der Waals surface area contributed by atoms with Gasteiger partial charge in [0.25, 0.3) is 0 Å². The van der Waals surface area contributed by atoms with Gasteiger partial charge in [-0.25, -0.2) is 0 Å². The van der Waals surface area contributed by atoms with Gasteiger partial charge in [-0.2, -0.15) is 0 Å². The fraction of sp³-hybridized carbons (Fsp3) is 0.827. The summed E-state index contributed by atoms with van der Waals surface area (Å²) in [7, 11) is 0. The Balaban J connectivity index is 4.34. The predicted molar refractivity (Wildman–Crippen MR) is 247 cm³/mol. The molecule has 0 aliphatic rings. The highest BCUT2D eigenvalue weighted by atomic mass is 16.6. The van der Waals surface area contributed by atoms with Crippen molar-refractivity contribution in [1.82, 2.24) is 0 Å². The Morgan fingerprint density at radius 3 is 0.948 bits per heavy atom. The Morgan fingerprint density at radius 2 is 0.586 bits per heavy atom. The first-order valence-corrected chi connectivity index (χ1v) is 25.0. The van der Waals surface area contributed by atoms with Crippen LogP contribution < -0.4 is 0 Å². The molecule has 0 aromatic heterocycles. The van der Waals surface area contributed by atoms with Crippen LogP contribution in [0.4, 0.5) is 0 Å². The van der Waals surface area contributed by atoms with E-state index in [2.05, 4.69) is 57.2 Å². The van der Waals surface area contributed by atoms with Crippen molar-refractivity contribution in [2.45, 2.75) is 264 Å². The third-order valence-electron chi connectivity index (χ3n) is 10.8. The number of rotatable bonds is 45. The van der Waals surface area contributed by atoms with Crippen molar-refractivity contribution in [3.63, 3.8) is 0 Å². The first-order chi connectivity index (χ1) is 28.5. The maximum Gasteiger partial charge on any atom is 0.306 e. The minimum Gasteiger partial charge on any atom is -0.462 e. The molecular weight excluding hydrogens is 721 g/mol. The fourth-order valence-corrected chi connectivity index (χ4v) is 7.00. The van der Waals surface area contributed by atoms with Crippen LogP contribution in [-0.4, -0.2) is 37.2 Å². The zero-order valence-corrected chi connectivity index (χ0v) is 38.6. The summed E-state index contributed by atoms with van der Waals surface area (Å²) in [6.07, 6.45) is 54.1. The van der Waals surface area contributed by atoms with Gasteiger partial charge in [0.1, 0.15) is 13.2 Å². The molecule has 0 aliphatic heterocycles. The predicted octanol–water partition coefficient (Wildman–Crippen LogP) is 16.1. The molecule has 0 bridgehead atoms. The van der Waals surface area contributed by atoms with E-state index in [1.54, 1.807) is 0 Å². The average Bonchev–Trinajstić information content (AvgIpc) is 3.22. The second kappa shape index (κ2) is 47.3. The van der Waals surface area contributed by atoms with E-state index in [9.17, 15) is 14.4 Å². The molecule has 0 aliphatic carbocycles. The number of carbonyl (C=O) groups excluding carboxylic acids is 3. The quantitative estimate of drug-likeness (QED) is 0.0264. The van der Waals surface area contributed by atoms with Crippen LogP contribution in [0.15, 0.2) is 36.5 Å². The molecule has 0 fully saturated rings. The number of hydrogen-bond acceptors (Lipinski definition) is 6. The number of esters is 3. The van der Waals surface area contributed by atoms with Gasteiger partial charge in [-0.05, 0) is 89.9 Å². The SMILES string of the molecule is CCCC/C=C\CCCCCCCC(=O)OCC(COC(=O)CCCCCCCCC/C=C\CCCCCCCC)OC(=O)CCCCCCC/C=C\CCCCC. The highest BCUT2D eigenvalue weighted by Crippen LogP contribution is 2.14. The third kappa shape index (κ3) is 44.7. The Morgan fingerprint density at radius 1 is 0.328 bits per heavy atom. The Kier molecular flexibility index (Phi) is 45.4.